The van der Waals surface area contributed by atoms with Crippen LogP contribution in [0.4, 0.5) is 0 Å². The number of carbonyl (C=O) groups is 1. The highest BCUT2D eigenvalue weighted by molar-refractivity contribution is 6.83. The summed E-state index contributed by atoms with van der Waals surface area (Å²) >= 11 is 103. The number of carbonyl (C=O) groups excluding carboxylic acids is 1. The molecule has 190 valence electrons. The molecule has 19 heteroatoms. The Labute approximate surface area is 269 Å². The highest BCUT2D eigenvalue weighted by Crippen LogP contribution is 2.72. The molecule has 0 spiro atoms. The number of halogens is 17. The van der Waals surface area contributed by atoms with E-state index in [0.717, 1.165) is 0 Å². The van der Waals surface area contributed by atoms with E-state index in [1.165, 1.54) is 0 Å². The highest BCUT2D eigenvalue weighted by Gasteiger charge is 2.81. The van der Waals surface area contributed by atoms with Gasteiger partial charge in [0.25, 0.3) is 4.52 Å². The topological polar surface area (TPSA) is 26.3 Å². The molecule has 0 aliphatic carbocycles. The Morgan fingerprint density at radius 1 is 0.594 bits per heavy atom. The number of hydrogen-bond donors (Lipinski definition) is 0. The minimum absolute atomic E-state index is 0.0844. The summed E-state index contributed by atoms with van der Waals surface area (Å²) in [4.78, 5) is 12.1. The molecule has 0 radical (unpaired) electrons. The third-order valence-electron chi connectivity index (χ3n) is 3.63. The summed E-state index contributed by atoms with van der Waals surface area (Å²) in [7, 11) is 0. The van der Waals surface area contributed by atoms with Crippen molar-refractivity contribution in [3.05, 3.63) is 12.2 Å². The Bertz CT molecular complexity index is 733. The molecule has 32 heavy (non-hydrogen) atoms. The van der Waals surface area contributed by atoms with Crippen molar-refractivity contribution in [3.63, 3.8) is 0 Å². The Morgan fingerprint density at radius 3 is 1.16 bits per heavy atom. The minimum Gasteiger partial charge on any atom is -0.422 e. The quantitative estimate of drug-likeness (QED) is 0.132. The smallest absolute Gasteiger partial charge is 0.336 e. The van der Waals surface area contributed by atoms with Gasteiger partial charge < -0.3 is 4.74 Å². The first-order chi connectivity index (χ1) is 13.6. The first-order valence-electron chi connectivity index (χ1n) is 7.24. The summed E-state index contributed by atoms with van der Waals surface area (Å²) in [5.74, 6) is -1.13. The molecule has 0 unspecified atom stereocenters. The van der Waals surface area contributed by atoms with Gasteiger partial charge in [-0.05, 0) is 6.42 Å². The molecule has 0 aliphatic rings. The molecule has 0 rings (SSSR count). The van der Waals surface area contributed by atoms with E-state index >= 15 is 0 Å². The molecule has 0 atom stereocenters. The summed E-state index contributed by atoms with van der Waals surface area (Å²) in [6.07, 6.45) is 0.139. The number of hydrogen-bond acceptors (Lipinski definition) is 2. The van der Waals surface area contributed by atoms with Crippen LogP contribution in [0.5, 0.6) is 0 Å². The average Bonchev–Trinajstić information content (AvgIpc) is 2.58. The number of rotatable bonds is 9. The highest BCUT2D eigenvalue weighted by atomic mass is 35.6. The monoisotopic (exact) mass is 790 g/mol. The van der Waals surface area contributed by atoms with E-state index < -0.39 is 40.3 Å². The van der Waals surface area contributed by atoms with E-state index in [2.05, 4.69) is 6.58 Å². The van der Waals surface area contributed by atoms with Gasteiger partial charge in [0.1, 0.15) is 0 Å². The lowest BCUT2D eigenvalue weighted by molar-refractivity contribution is -0.143. The van der Waals surface area contributed by atoms with Crippen molar-refractivity contribution in [2.75, 3.05) is 0 Å². The van der Waals surface area contributed by atoms with Crippen LogP contribution < -0.4 is 0 Å². The van der Waals surface area contributed by atoms with Gasteiger partial charge in [0.2, 0.25) is 12.5 Å². The fraction of sp³-hybridized carbons (Fsp3) is 0.769. The van der Waals surface area contributed by atoms with E-state index in [0.29, 0.717) is 0 Å². The van der Waals surface area contributed by atoms with Gasteiger partial charge in [-0.2, -0.15) is 0 Å². The van der Waals surface area contributed by atoms with Gasteiger partial charge in [0, 0.05) is 5.57 Å². The lowest BCUT2D eigenvalue weighted by atomic mass is 10.0. The third-order valence-corrected chi connectivity index (χ3v) is 14.9. The fourth-order valence-corrected chi connectivity index (χ4v) is 6.55. The van der Waals surface area contributed by atoms with Crippen molar-refractivity contribution in [1.82, 2.24) is 0 Å². The fourth-order valence-electron chi connectivity index (χ4n) is 1.55. The second kappa shape index (κ2) is 11.3. The van der Waals surface area contributed by atoms with Crippen LogP contribution in [-0.2, 0) is 9.53 Å². The molecule has 2 nitrogen and oxygen atoms in total. The maximum atomic E-state index is 12.1. The summed E-state index contributed by atoms with van der Waals surface area (Å²) in [5, 5.41) is 0. The van der Waals surface area contributed by atoms with Crippen LogP contribution in [-0.4, -0.2) is 40.3 Å². The van der Waals surface area contributed by atoms with Crippen molar-refractivity contribution in [1.29, 1.82) is 0 Å². The van der Waals surface area contributed by atoms with Crippen LogP contribution in [0.25, 0.3) is 0 Å². The van der Waals surface area contributed by atoms with E-state index in [4.69, 9.17) is 202 Å². The third kappa shape index (κ3) is 6.14. The Balaban J connectivity index is 6.65. The standard InChI is InChI=1S/C13H7Cl17O2/c1-3-4(2)5(31)32-13(29,30)11(24,25)9(20,21)7(16,17)6(14,15)8(18,19)10(22,23)12(26,27)28/h2-3H2,1H3. The van der Waals surface area contributed by atoms with Gasteiger partial charge >= 0.3 is 5.97 Å². The summed E-state index contributed by atoms with van der Waals surface area (Å²) in [5.41, 5.74) is -0.0844. The molecule has 0 aromatic carbocycles. The molecule has 0 fully saturated rings. The number of ether oxygens (including phenoxy) is 1. The molecule has 0 saturated carbocycles. The summed E-state index contributed by atoms with van der Waals surface area (Å²) in [6.45, 7) is 5.00. The van der Waals surface area contributed by atoms with Gasteiger partial charge in [-0.1, -0.05) is 211 Å². The Morgan fingerprint density at radius 2 is 0.875 bits per heavy atom. The summed E-state index contributed by atoms with van der Waals surface area (Å²) < 4.78 is -19.0. The zero-order valence-electron chi connectivity index (χ0n) is 14.7. The van der Waals surface area contributed by atoms with E-state index in [-0.39, 0.29) is 12.0 Å². The van der Waals surface area contributed by atoms with E-state index in [9.17, 15) is 4.79 Å². The first-order valence-corrected chi connectivity index (χ1v) is 13.7. The van der Waals surface area contributed by atoms with Crippen LogP contribution >= 0.6 is 197 Å². The molecule has 0 heterocycles. The van der Waals surface area contributed by atoms with Crippen LogP contribution in [0, 0.1) is 0 Å². The van der Waals surface area contributed by atoms with Crippen molar-refractivity contribution >= 4 is 203 Å². The zero-order chi connectivity index (χ0) is 26.6. The van der Waals surface area contributed by atoms with Crippen molar-refractivity contribution < 1.29 is 9.53 Å². The minimum atomic E-state index is -3.13. The second-order valence-corrected chi connectivity index (χ2v) is 17.3. The van der Waals surface area contributed by atoms with E-state index in [1.807, 2.05) is 0 Å². The molecule has 0 saturated heterocycles. The largest absolute Gasteiger partial charge is 0.422 e. The Kier molecular flexibility index (Phi) is 12.8. The van der Waals surface area contributed by atoms with E-state index in [1.54, 1.807) is 6.92 Å². The second-order valence-electron chi connectivity index (χ2n) is 5.81. The number of esters is 1. The predicted octanol–water partition coefficient (Wildman–Crippen LogP) is 11.0. The molecule has 0 amide bonds. The van der Waals surface area contributed by atoms with Crippen LogP contribution in [0.1, 0.15) is 13.3 Å². The first kappa shape index (κ1) is 36.1. The van der Waals surface area contributed by atoms with Crippen LogP contribution in [0.2, 0.25) is 0 Å². The van der Waals surface area contributed by atoms with Crippen molar-refractivity contribution in [2.24, 2.45) is 0 Å². The molecule has 0 aromatic rings. The molecule has 0 N–H and O–H groups in total. The summed E-state index contributed by atoms with van der Waals surface area (Å²) in [6, 6.07) is 0. The lowest BCUT2D eigenvalue weighted by Crippen LogP contribution is -2.70. The molecule has 0 aliphatic heterocycles. The van der Waals surface area contributed by atoms with Gasteiger partial charge in [-0.15, -0.1) is 0 Å². The lowest BCUT2D eigenvalue weighted by Gasteiger charge is -2.53. The number of alkyl halides is 17. The predicted molar refractivity (Wildman–Crippen MR) is 147 cm³/mol. The Hall–Kier alpha value is 4.14. The van der Waals surface area contributed by atoms with Gasteiger partial charge in [0.15, 0.2) is 17.3 Å². The van der Waals surface area contributed by atoms with Gasteiger partial charge in [-0.25, -0.2) is 4.79 Å². The van der Waals surface area contributed by atoms with Crippen LogP contribution in [0.15, 0.2) is 12.2 Å². The van der Waals surface area contributed by atoms with Crippen molar-refractivity contribution in [3.8, 4) is 0 Å². The van der Waals surface area contributed by atoms with Gasteiger partial charge in [0.05, 0.1) is 0 Å². The SMILES string of the molecule is C=C(CC)C(=O)OC(Cl)(Cl)C(Cl)(Cl)C(Cl)(Cl)C(Cl)(Cl)C(Cl)(Cl)C(Cl)(Cl)C(Cl)(Cl)C(Cl)(Cl)Cl. The zero-order valence-corrected chi connectivity index (χ0v) is 27.5. The van der Waals surface area contributed by atoms with Crippen molar-refractivity contribution in [2.45, 2.75) is 47.7 Å². The molecular weight excluding hydrogens is 791 g/mol. The van der Waals surface area contributed by atoms with Crippen LogP contribution in [0.3, 0.4) is 0 Å². The molecule has 0 bridgehead atoms. The molecule has 0 aromatic heterocycles. The molecular formula is C13H7Cl17O2. The maximum absolute atomic E-state index is 12.1. The normalized spacial score (nSPS) is 15.6. The average molecular weight is 798 g/mol. The van der Waals surface area contributed by atoms with Gasteiger partial charge in [-0.3, -0.25) is 0 Å². The maximum Gasteiger partial charge on any atom is 0.336 e.